The van der Waals surface area contributed by atoms with E-state index < -0.39 is 0 Å². The number of aliphatic hydroxyl groups is 1. The molecule has 17 heavy (non-hydrogen) atoms. The zero-order chi connectivity index (χ0) is 11.8. The van der Waals surface area contributed by atoms with Gasteiger partial charge in [0.1, 0.15) is 6.33 Å². The molecule has 4 nitrogen and oxygen atoms in total. The van der Waals surface area contributed by atoms with E-state index in [1.807, 2.05) is 25.2 Å². The highest BCUT2D eigenvalue weighted by Crippen LogP contribution is 2.33. The summed E-state index contributed by atoms with van der Waals surface area (Å²) < 4.78 is 2.95. The molecule has 0 saturated carbocycles. The van der Waals surface area contributed by atoms with Crippen LogP contribution in [0.25, 0.3) is 21.5 Å². The van der Waals surface area contributed by atoms with Gasteiger partial charge in [-0.15, -0.1) is 11.3 Å². The van der Waals surface area contributed by atoms with Crippen molar-refractivity contribution in [1.29, 1.82) is 0 Å². The van der Waals surface area contributed by atoms with Crippen LogP contribution < -0.4 is 0 Å². The second-order valence-corrected chi connectivity index (χ2v) is 4.76. The van der Waals surface area contributed by atoms with E-state index in [1.165, 1.54) is 4.70 Å². The molecule has 0 saturated heterocycles. The van der Waals surface area contributed by atoms with Crippen LogP contribution in [0.3, 0.4) is 0 Å². The Morgan fingerprint density at radius 2 is 2.29 bits per heavy atom. The van der Waals surface area contributed by atoms with E-state index in [0.717, 1.165) is 22.3 Å². The van der Waals surface area contributed by atoms with Gasteiger partial charge in [-0.25, -0.2) is 9.67 Å². The molecule has 86 valence electrons. The van der Waals surface area contributed by atoms with Crippen molar-refractivity contribution in [3.63, 3.8) is 0 Å². The summed E-state index contributed by atoms with van der Waals surface area (Å²) >= 11 is 1.68. The molecule has 1 aromatic carbocycles. The number of hydrogen-bond acceptors (Lipinski definition) is 4. The van der Waals surface area contributed by atoms with Crippen molar-refractivity contribution >= 4 is 21.4 Å². The van der Waals surface area contributed by atoms with Gasteiger partial charge in [0.2, 0.25) is 0 Å². The number of benzene rings is 1. The molecule has 2 aromatic heterocycles. The average molecular weight is 245 g/mol. The lowest BCUT2D eigenvalue weighted by atomic mass is 10.1. The quantitative estimate of drug-likeness (QED) is 0.753. The van der Waals surface area contributed by atoms with Crippen LogP contribution in [0.5, 0.6) is 0 Å². The summed E-state index contributed by atoms with van der Waals surface area (Å²) in [6.07, 6.45) is 1.55. The highest BCUT2D eigenvalue weighted by atomic mass is 32.1. The Kier molecular flexibility index (Phi) is 2.42. The SMILES string of the molecule is Cn1ncnc1-c1csc2ccc(CO)cc12. The van der Waals surface area contributed by atoms with Crippen molar-refractivity contribution in [1.82, 2.24) is 14.8 Å². The molecule has 0 unspecified atom stereocenters. The number of hydrogen-bond donors (Lipinski definition) is 1. The van der Waals surface area contributed by atoms with Gasteiger partial charge in [-0.2, -0.15) is 5.10 Å². The number of rotatable bonds is 2. The van der Waals surface area contributed by atoms with E-state index >= 15 is 0 Å². The summed E-state index contributed by atoms with van der Waals surface area (Å²) in [5, 5.41) is 16.5. The first-order valence-corrected chi connectivity index (χ1v) is 6.13. The molecule has 0 bridgehead atoms. The van der Waals surface area contributed by atoms with Crippen LogP contribution in [0.2, 0.25) is 0 Å². The third-order valence-corrected chi connectivity index (χ3v) is 3.74. The number of thiophene rings is 1. The number of nitrogens with zero attached hydrogens (tertiary/aromatic N) is 3. The fraction of sp³-hybridized carbons (Fsp3) is 0.167. The van der Waals surface area contributed by atoms with Gasteiger partial charge in [-0.3, -0.25) is 0 Å². The molecule has 2 heterocycles. The highest BCUT2D eigenvalue weighted by molar-refractivity contribution is 7.17. The normalized spacial score (nSPS) is 11.2. The lowest BCUT2D eigenvalue weighted by molar-refractivity contribution is 0.282. The van der Waals surface area contributed by atoms with Crippen molar-refractivity contribution in [2.45, 2.75) is 6.61 Å². The predicted molar refractivity (Wildman–Crippen MR) is 67.7 cm³/mol. The summed E-state index contributed by atoms with van der Waals surface area (Å²) in [5.74, 6) is 0.853. The van der Waals surface area contributed by atoms with Gasteiger partial charge in [0.05, 0.1) is 6.61 Å². The van der Waals surface area contributed by atoms with Gasteiger partial charge in [0.25, 0.3) is 0 Å². The molecule has 0 aliphatic rings. The molecule has 0 fully saturated rings. The summed E-state index contributed by atoms with van der Waals surface area (Å²) in [6.45, 7) is 0.0596. The molecule has 0 aliphatic carbocycles. The number of aliphatic hydroxyl groups excluding tert-OH is 1. The fourth-order valence-electron chi connectivity index (χ4n) is 1.89. The third-order valence-electron chi connectivity index (χ3n) is 2.77. The van der Waals surface area contributed by atoms with Crippen LogP contribution >= 0.6 is 11.3 Å². The zero-order valence-corrected chi connectivity index (χ0v) is 10.1. The number of aromatic nitrogens is 3. The first-order chi connectivity index (χ1) is 8.29. The standard InChI is InChI=1S/C12H11N3OS/c1-15-12(13-7-14-15)10-6-17-11-3-2-8(5-16)4-9(10)11/h2-4,6-7,16H,5H2,1H3. The number of fused-ring (bicyclic) bond motifs is 1. The van der Waals surface area contributed by atoms with Crippen molar-refractivity contribution in [3.8, 4) is 11.4 Å². The van der Waals surface area contributed by atoms with E-state index in [1.54, 1.807) is 22.3 Å². The second-order valence-electron chi connectivity index (χ2n) is 3.85. The third kappa shape index (κ3) is 1.64. The molecule has 3 aromatic rings. The zero-order valence-electron chi connectivity index (χ0n) is 9.29. The monoisotopic (exact) mass is 245 g/mol. The summed E-state index contributed by atoms with van der Waals surface area (Å²) in [5.41, 5.74) is 1.99. The largest absolute Gasteiger partial charge is 0.392 e. The molecule has 0 radical (unpaired) electrons. The van der Waals surface area contributed by atoms with Crippen LogP contribution in [-0.4, -0.2) is 19.9 Å². The van der Waals surface area contributed by atoms with Crippen molar-refractivity contribution < 1.29 is 5.11 Å². The van der Waals surface area contributed by atoms with Gasteiger partial charge >= 0.3 is 0 Å². The first-order valence-electron chi connectivity index (χ1n) is 5.25. The Hall–Kier alpha value is -1.72. The molecule has 0 spiro atoms. The molecular formula is C12H11N3OS. The lowest BCUT2D eigenvalue weighted by Gasteiger charge is -2.00. The van der Waals surface area contributed by atoms with Gasteiger partial charge in [0.15, 0.2) is 5.82 Å². The van der Waals surface area contributed by atoms with Gasteiger partial charge in [-0.05, 0) is 17.7 Å². The van der Waals surface area contributed by atoms with E-state index in [2.05, 4.69) is 15.5 Å². The van der Waals surface area contributed by atoms with Crippen LogP contribution in [0.4, 0.5) is 0 Å². The predicted octanol–water partition coefficient (Wildman–Crippen LogP) is 2.19. The van der Waals surface area contributed by atoms with Crippen LogP contribution in [0, 0.1) is 0 Å². The maximum absolute atomic E-state index is 9.18. The Labute approximate surface area is 102 Å². The van der Waals surface area contributed by atoms with E-state index in [9.17, 15) is 5.11 Å². The summed E-state index contributed by atoms with van der Waals surface area (Å²) in [4.78, 5) is 4.26. The highest BCUT2D eigenvalue weighted by Gasteiger charge is 2.11. The van der Waals surface area contributed by atoms with E-state index in [4.69, 9.17) is 0 Å². The Morgan fingerprint density at radius 1 is 1.41 bits per heavy atom. The van der Waals surface area contributed by atoms with Gasteiger partial charge in [0, 0.05) is 28.1 Å². The molecular weight excluding hydrogens is 234 g/mol. The lowest BCUT2D eigenvalue weighted by Crippen LogP contribution is -1.93. The second kappa shape index (κ2) is 3.94. The smallest absolute Gasteiger partial charge is 0.159 e. The van der Waals surface area contributed by atoms with E-state index in [0.29, 0.717) is 0 Å². The topological polar surface area (TPSA) is 50.9 Å². The minimum Gasteiger partial charge on any atom is -0.392 e. The van der Waals surface area contributed by atoms with Crippen LogP contribution in [0.15, 0.2) is 29.9 Å². The molecule has 0 amide bonds. The van der Waals surface area contributed by atoms with Crippen molar-refractivity contribution in [2.75, 3.05) is 0 Å². The molecule has 1 N–H and O–H groups in total. The Morgan fingerprint density at radius 3 is 3.00 bits per heavy atom. The van der Waals surface area contributed by atoms with E-state index in [-0.39, 0.29) is 6.61 Å². The maximum atomic E-state index is 9.18. The maximum Gasteiger partial charge on any atom is 0.159 e. The van der Waals surface area contributed by atoms with Crippen molar-refractivity contribution in [2.24, 2.45) is 7.05 Å². The molecule has 0 aliphatic heterocycles. The molecule has 3 rings (SSSR count). The first kappa shape index (κ1) is 10.4. The van der Waals surface area contributed by atoms with Gasteiger partial charge < -0.3 is 5.11 Å². The van der Waals surface area contributed by atoms with Gasteiger partial charge in [-0.1, -0.05) is 6.07 Å². The fourth-order valence-corrected chi connectivity index (χ4v) is 2.81. The average Bonchev–Trinajstić information content (AvgIpc) is 2.94. The van der Waals surface area contributed by atoms with Crippen LogP contribution in [-0.2, 0) is 13.7 Å². The Bertz CT molecular complexity index is 671. The summed E-state index contributed by atoms with van der Waals surface area (Å²) in [6, 6.07) is 5.99. The summed E-state index contributed by atoms with van der Waals surface area (Å²) in [7, 11) is 1.88. The minimum atomic E-state index is 0.0596. The molecule has 0 atom stereocenters. The number of aryl methyl sites for hydroxylation is 1. The molecule has 5 heteroatoms. The minimum absolute atomic E-state index is 0.0596. The Balaban J connectivity index is 2.27. The van der Waals surface area contributed by atoms with Crippen molar-refractivity contribution in [3.05, 3.63) is 35.5 Å². The van der Waals surface area contributed by atoms with Crippen LogP contribution in [0.1, 0.15) is 5.56 Å².